The van der Waals surface area contributed by atoms with Crippen LogP contribution in [0.3, 0.4) is 0 Å². The van der Waals surface area contributed by atoms with Crippen LogP contribution >= 0.6 is 23.1 Å². The van der Waals surface area contributed by atoms with Gasteiger partial charge in [-0.3, -0.25) is 4.79 Å². The van der Waals surface area contributed by atoms with E-state index in [1.165, 1.54) is 23.1 Å². The molecule has 0 bridgehead atoms. The zero-order valence-corrected chi connectivity index (χ0v) is 12.0. The maximum absolute atomic E-state index is 12.0. The van der Waals surface area contributed by atoms with Crippen LogP contribution in [0.4, 0.5) is 0 Å². The average molecular weight is 317 g/mol. The summed E-state index contributed by atoms with van der Waals surface area (Å²) in [5.74, 6) is 0.916. The molecule has 0 aliphatic heterocycles. The van der Waals surface area contributed by atoms with Gasteiger partial charge in [-0.25, -0.2) is 4.98 Å². The number of aromatic amines is 2. The number of H-pyrrole nitrogens is 2. The van der Waals surface area contributed by atoms with Crippen molar-refractivity contribution in [2.45, 2.75) is 10.9 Å². The van der Waals surface area contributed by atoms with Crippen LogP contribution in [0.1, 0.15) is 11.4 Å². The van der Waals surface area contributed by atoms with Gasteiger partial charge in [-0.1, -0.05) is 23.0 Å². The summed E-state index contributed by atoms with van der Waals surface area (Å²) in [6, 6.07) is 5.56. The van der Waals surface area contributed by atoms with Crippen LogP contribution in [-0.4, -0.2) is 30.6 Å². The monoisotopic (exact) mass is 317 g/mol. The Morgan fingerprint density at radius 3 is 3.05 bits per heavy atom. The molecule has 0 unspecified atom stereocenters. The standard InChI is InChI=1S/C11H7N7OS2/c12-4-6-9(7-2-1-3-20-7)13-11(14-10(6)19)21-5-8-15-17-18-16-8/h1-3H,5H2,(H,13,14,19)(H,15,16,17,18). The van der Waals surface area contributed by atoms with E-state index in [1.807, 2.05) is 23.6 Å². The molecule has 0 aliphatic rings. The molecule has 0 aromatic carbocycles. The minimum absolute atomic E-state index is 0.0151. The number of thiophene rings is 1. The van der Waals surface area contributed by atoms with E-state index >= 15 is 0 Å². The maximum Gasteiger partial charge on any atom is 0.270 e. The number of nitriles is 1. The third-order valence-electron chi connectivity index (χ3n) is 2.49. The van der Waals surface area contributed by atoms with Gasteiger partial charge < -0.3 is 4.98 Å². The van der Waals surface area contributed by atoms with Crippen molar-refractivity contribution < 1.29 is 0 Å². The van der Waals surface area contributed by atoms with Gasteiger partial charge in [-0.2, -0.15) is 10.5 Å². The molecule has 8 nitrogen and oxygen atoms in total. The SMILES string of the molecule is N#Cc1c(-c2cccs2)nc(SCc2nn[nH]n2)[nH]c1=O. The Morgan fingerprint density at radius 2 is 2.38 bits per heavy atom. The molecule has 2 N–H and O–H groups in total. The Hall–Kier alpha value is -2.51. The average Bonchev–Trinajstić information content (AvgIpc) is 3.17. The van der Waals surface area contributed by atoms with E-state index < -0.39 is 5.56 Å². The lowest BCUT2D eigenvalue weighted by molar-refractivity contribution is 0.881. The minimum Gasteiger partial charge on any atom is -0.300 e. The fourth-order valence-corrected chi connectivity index (χ4v) is 3.02. The molecular weight excluding hydrogens is 310 g/mol. The fourth-order valence-electron chi connectivity index (χ4n) is 1.59. The molecule has 0 atom stereocenters. The van der Waals surface area contributed by atoms with E-state index in [-0.39, 0.29) is 5.56 Å². The maximum atomic E-state index is 12.0. The molecule has 3 aromatic heterocycles. The molecule has 3 heterocycles. The predicted molar refractivity (Wildman–Crippen MR) is 76.6 cm³/mol. The predicted octanol–water partition coefficient (Wildman–Crippen LogP) is 1.18. The summed E-state index contributed by atoms with van der Waals surface area (Å²) in [6.07, 6.45) is 0. The summed E-state index contributed by atoms with van der Waals surface area (Å²) in [6.45, 7) is 0. The van der Waals surface area contributed by atoms with Crippen molar-refractivity contribution in [3.05, 3.63) is 39.3 Å². The first-order valence-electron chi connectivity index (χ1n) is 5.71. The number of tetrazole rings is 1. The zero-order chi connectivity index (χ0) is 14.7. The van der Waals surface area contributed by atoms with Gasteiger partial charge in [0.1, 0.15) is 17.3 Å². The van der Waals surface area contributed by atoms with E-state index in [1.54, 1.807) is 0 Å². The van der Waals surface area contributed by atoms with E-state index in [0.29, 0.717) is 22.4 Å². The number of nitrogens with one attached hydrogen (secondary N) is 2. The molecule has 0 saturated heterocycles. The molecule has 0 fully saturated rings. The molecule has 104 valence electrons. The summed E-state index contributed by atoms with van der Waals surface area (Å²) in [5.41, 5.74) is -0.0419. The summed E-state index contributed by atoms with van der Waals surface area (Å²) in [4.78, 5) is 19.7. The molecule has 0 spiro atoms. The van der Waals surface area contributed by atoms with Crippen LogP contribution < -0.4 is 5.56 Å². The number of hydrogen-bond acceptors (Lipinski definition) is 8. The Morgan fingerprint density at radius 1 is 1.48 bits per heavy atom. The molecule has 0 radical (unpaired) electrons. The second-order valence-corrected chi connectivity index (χ2v) is 5.71. The Labute approximate surface area is 126 Å². The highest BCUT2D eigenvalue weighted by atomic mass is 32.2. The van der Waals surface area contributed by atoms with Crippen LogP contribution in [0.15, 0.2) is 27.5 Å². The van der Waals surface area contributed by atoms with E-state index in [9.17, 15) is 4.79 Å². The molecule has 0 saturated carbocycles. The third-order valence-corrected chi connectivity index (χ3v) is 4.24. The van der Waals surface area contributed by atoms with Gasteiger partial charge in [0.25, 0.3) is 5.56 Å². The van der Waals surface area contributed by atoms with Crippen molar-refractivity contribution in [2.24, 2.45) is 0 Å². The summed E-state index contributed by atoms with van der Waals surface area (Å²) in [7, 11) is 0. The van der Waals surface area contributed by atoms with Crippen LogP contribution in [0.5, 0.6) is 0 Å². The van der Waals surface area contributed by atoms with Crippen molar-refractivity contribution in [3.63, 3.8) is 0 Å². The molecule has 10 heteroatoms. The third kappa shape index (κ3) is 2.83. The van der Waals surface area contributed by atoms with Gasteiger partial charge in [-0.15, -0.1) is 21.5 Å². The lowest BCUT2D eigenvalue weighted by Crippen LogP contribution is -2.14. The van der Waals surface area contributed by atoms with E-state index in [0.717, 1.165) is 4.88 Å². The molecule has 3 rings (SSSR count). The zero-order valence-electron chi connectivity index (χ0n) is 10.4. The van der Waals surface area contributed by atoms with Gasteiger partial charge in [0, 0.05) is 0 Å². The van der Waals surface area contributed by atoms with E-state index in [2.05, 4.69) is 30.6 Å². The summed E-state index contributed by atoms with van der Waals surface area (Å²) < 4.78 is 0. The quantitative estimate of drug-likeness (QED) is 0.546. The number of hydrogen-bond donors (Lipinski definition) is 2. The number of rotatable bonds is 4. The first-order chi connectivity index (χ1) is 10.3. The molecular formula is C11H7N7OS2. The second-order valence-electron chi connectivity index (χ2n) is 3.80. The van der Waals surface area contributed by atoms with Crippen molar-refractivity contribution in [3.8, 4) is 16.6 Å². The molecule has 3 aromatic rings. The van der Waals surface area contributed by atoms with Crippen molar-refractivity contribution in [1.82, 2.24) is 30.6 Å². The fraction of sp³-hybridized carbons (Fsp3) is 0.0909. The highest BCUT2D eigenvalue weighted by Gasteiger charge is 2.14. The smallest absolute Gasteiger partial charge is 0.270 e. The lowest BCUT2D eigenvalue weighted by Gasteiger charge is -2.03. The number of thioether (sulfide) groups is 1. The molecule has 21 heavy (non-hydrogen) atoms. The van der Waals surface area contributed by atoms with Gasteiger partial charge in [0.2, 0.25) is 0 Å². The summed E-state index contributed by atoms with van der Waals surface area (Å²) >= 11 is 2.69. The number of aromatic nitrogens is 6. The topological polar surface area (TPSA) is 124 Å². The first kappa shape index (κ1) is 13.5. The summed E-state index contributed by atoms with van der Waals surface area (Å²) in [5, 5.41) is 24.9. The van der Waals surface area contributed by atoms with Gasteiger partial charge in [0.05, 0.1) is 10.6 Å². The Balaban J connectivity index is 1.96. The minimum atomic E-state index is -0.452. The van der Waals surface area contributed by atoms with Crippen molar-refractivity contribution in [2.75, 3.05) is 0 Å². The largest absolute Gasteiger partial charge is 0.300 e. The molecule has 0 aliphatic carbocycles. The van der Waals surface area contributed by atoms with Gasteiger partial charge in [0.15, 0.2) is 11.0 Å². The highest BCUT2D eigenvalue weighted by molar-refractivity contribution is 7.98. The van der Waals surface area contributed by atoms with Crippen LogP contribution in [0, 0.1) is 11.3 Å². The van der Waals surface area contributed by atoms with Gasteiger partial charge in [-0.05, 0) is 11.4 Å². The van der Waals surface area contributed by atoms with Crippen LogP contribution in [0.25, 0.3) is 10.6 Å². The van der Waals surface area contributed by atoms with E-state index in [4.69, 9.17) is 5.26 Å². The lowest BCUT2D eigenvalue weighted by atomic mass is 10.2. The normalized spacial score (nSPS) is 10.4. The Kier molecular flexibility index (Phi) is 3.76. The van der Waals surface area contributed by atoms with Crippen LogP contribution in [-0.2, 0) is 5.75 Å². The van der Waals surface area contributed by atoms with Gasteiger partial charge >= 0.3 is 0 Å². The first-order valence-corrected chi connectivity index (χ1v) is 7.58. The van der Waals surface area contributed by atoms with Crippen molar-refractivity contribution in [1.29, 1.82) is 5.26 Å². The molecule has 0 amide bonds. The second kappa shape index (κ2) is 5.86. The van der Waals surface area contributed by atoms with Crippen molar-refractivity contribution >= 4 is 23.1 Å². The highest BCUT2D eigenvalue weighted by Crippen LogP contribution is 2.26. The number of nitrogens with zero attached hydrogens (tertiary/aromatic N) is 5. The van der Waals surface area contributed by atoms with Crippen LogP contribution in [0.2, 0.25) is 0 Å². The Bertz CT molecular complexity index is 833.